The Balaban J connectivity index is 2.27. The summed E-state index contributed by atoms with van der Waals surface area (Å²) in [6.45, 7) is 5.51. The molecule has 2 unspecified atom stereocenters. The number of benzene rings is 1. The van der Waals surface area contributed by atoms with Crippen LogP contribution < -0.4 is 16.0 Å². The van der Waals surface area contributed by atoms with E-state index in [0.29, 0.717) is 23.2 Å². The fourth-order valence-electron chi connectivity index (χ4n) is 2.74. The van der Waals surface area contributed by atoms with E-state index in [1.165, 1.54) is 6.42 Å². The number of anilines is 2. The minimum absolute atomic E-state index is 0.101. The lowest BCUT2D eigenvalue weighted by molar-refractivity contribution is 0.0963. The number of hydrogen-bond acceptors (Lipinski definition) is 3. The Morgan fingerprint density at radius 3 is 2.67 bits per heavy atom. The molecule has 98 valence electrons. The first-order valence-electron chi connectivity index (χ1n) is 6.41. The average molecular weight is 247 g/mol. The Kier molecular flexibility index (Phi) is 3.45. The molecule has 1 aliphatic heterocycles. The van der Waals surface area contributed by atoms with Crippen LogP contribution in [-0.4, -0.2) is 25.5 Å². The van der Waals surface area contributed by atoms with Crippen LogP contribution in [0.1, 0.15) is 30.6 Å². The van der Waals surface area contributed by atoms with Crippen molar-refractivity contribution in [3.8, 4) is 0 Å². The molecule has 0 aromatic heterocycles. The molecule has 18 heavy (non-hydrogen) atoms. The molecule has 0 saturated carbocycles. The first kappa shape index (κ1) is 12.7. The maximum absolute atomic E-state index is 11.5. The van der Waals surface area contributed by atoms with Gasteiger partial charge in [0.1, 0.15) is 0 Å². The standard InChI is InChI=1S/C14H21N3O/c1-9-6-10(2)17(8-9)13-5-4-11(7-12(13)15)14(18)16-3/h4-5,7,9-10H,6,8,15H2,1-3H3,(H,16,18). The van der Waals surface area contributed by atoms with Crippen molar-refractivity contribution in [3.63, 3.8) is 0 Å². The number of nitrogens with two attached hydrogens (primary N) is 1. The van der Waals surface area contributed by atoms with Crippen LogP contribution in [0.25, 0.3) is 0 Å². The maximum Gasteiger partial charge on any atom is 0.251 e. The van der Waals surface area contributed by atoms with Gasteiger partial charge in [-0.2, -0.15) is 0 Å². The van der Waals surface area contributed by atoms with Gasteiger partial charge in [0.05, 0.1) is 11.4 Å². The fourth-order valence-corrected chi connectivity index (χ4v) is 2.74. The summed E-state index contributed by atoms with van der Waals surface area (Å²) in [6.07, 6.45) is 1.19. The van der Waals surface area contributed by atoms with Crippen molar-refractivity contribution in [2.24, 2.45) is 5.92 Å². The fraction of sp³-hybridized carbons (Fsp3) is 0.500. The highest BCUT2D eigenvalue weighted by molar-refractivity contribution is 5.96. The highest BCUT2D eigenvalue weighted by atomic mass is 16.1. The summed E-state index contributed by atoms with van der Waals surface area (Å²) in [5.41, 5.74) is 8.41. The molecule has 0 bridgehead atoms. The Hall–Kier alpha value is -1.71. The third-order valence-corrected chi connectivity index (χ3v) is 3.61. The number of hydrogen-bond donors (Lipinski definition) is 2. The van der Waals surface area contributed by atoms with Crippen molar-refractivity contribution in [1.29, 1.82) is 0 Å². The van der Waals surface area contributed by atoms with Gasteiger partial charge in [0, 0.05) is 25.2 Å². The van der Waals surface area contributed by atoms with E-state index in [1.54, 1.807) is 13.1 Å². The van der Waals surface area contributed by atoms with Gasteiger partial charge in [-0.25, -0.2) is 0 Å². The lowest BCUT2D eigenvalue weighted by atomic mass is 10.1. The van der Waals surface area contributed by atoms with Crippen LogP contribution in [0.4, 0.5) is 11.4 Å². The first-order chi connectivity index (χ1) is 8.52. The third kappa shape index (κ3) is 2.28. The largest absolute Gasteiger partial charge is 0.397 e. The van der Waals surface area contributed by atoms with E-state index in [2.05, 4.69) is 24.1 Å². The van der Waals surface area contributed by atoms with Gasteiger partial charge in [0.15, 0.2) is 0 Å². The highest BCUT2D eigenvalue weighted by Crippen LogP contribution is 2.33. The van der Waals surface area contributed by atoms with Crippen molar-refractivity contribution in [3.05, 3.63) is 23.8 Å². The summed E-state index contributed by atoms with van der Waals surface area (Å²) in [5.74, 6) is 0.592. The van der Waals surface area contributed by atoms with Gasteiger partial charge in [-0.15, -0.1) is 0 Å². The molecule has 1 aromatic rings. The smallest absolute Gasteiger partial charge is 0.251 e. The number of carbonyl (C=O) groups excluding carboxylic acids is 1. The molecule has 3 N–H and O–H groups in total. The van der Waals surface area contributed by atoms with Gasteiger partial charge in [-0.3, -0.25) is 4.79 Å². The van der Waals surface area contributed by atoms with Crippen LogP contribution >= 0.6 is 0 Å². The number of amides is 1. The van der Waals surface area contributed by atoms with Crippen LogP contribution in [0.3, 0.4) is 0 Å². The van der Waals surface area contributed by atoms with E-state index in [9.17, 15) is 4.79 Å². The van der Waals surface area contributed by atoms with Gasteiger partial charge in [-0.05, 0) is 37.5 Å². The lowest BCUT2D eigenvalue weighted by Crippen LogP contribution is -2.27. The quantitative estimate of drug-likeness (QED) is 0.784. The normalized spacial score (nSPS) is 23.2. The molecular formula is C14H21N3O. The second-order valence-corrected chi connectivity index (χ2v) is 5.19. The summed E-state index contributed by atoms with van der Waals surface area (Å²) in [4.78, 5) is 13.9. The predicted molar refractivity (Wildman–Crippen MR) is 74.8 cm³/mol. The van der Waals surface area contributed by atoms with E-state index < -0.39 is 0 Å². The van der Waals surface area contributed by atoms with Crippen molar-refractivity contribution >= 4 is 17.3 Å². The third-order valence-electron chi connectivity index (χ3n) is 3.61. The van der Waals surface area contributed by atoms with Gasteiger partial charge in [-0.1, -0.05) is 6.92 Å². The lowest BCUT2D eigenvalue weighted by Gasteiger charge is -2.25. The van der Waals surface area contributed by atoms with Gasteiger partial charge >= 0.3 is 0 Å². The topological polar surface area (TPSA) is 58.4 Å². The zero-order valence-electron chi connectivity index (χ0n) is 11.2. The number of carbonyl (C=O) groups is 1. The summed E-state index contributed by atoms with van der Waals surface area (Å²) in [6, 6.07) is 6.05. The summed E-state index contributed by atoms with van der Waals surface area (Å²) < 4.78 is 0. The second-order valence-electron chi connectivity index (χ2n) is 5.19. The molecule has 4 heteroatoms. The number of nitrogen functional groups attached to an aromatic ring is 1. The molecule has 1 aromatic carbocycles. The summed E-state index contributed by atoms with van der Waals surface area (Å²) in [5, 5.41) is 2.61. The van der Waals surface area contributed by atoms with E-state index >= 15 is 0 Å². The van der Waals surface area contributed by atoms with Gasteiger partial charge < -0.3 is 16.0 Å². The molecule has 2 atom stereocenters. The van der Waals surface area contributed by atoms with Crippen molar-refractivity contribution < 1.29 is 4.79 Å². The van der Waals surface area contributed by atoms with E-state index in [4.69, 9.17) is 5.73 Å². The van der Waals surface area contributed by atoms with Crippen LogP contribution in [0.5, 0.6) is 0 Å². The number of nitrogens with zero attached hydrogens (tertiary/aromatic N) is 1. The summed E-state index contributed by atoms with van der Waals surface area (Å²) >= 11 is 0. The van der Waals surface area contributed by atoms with Crippen LogP contribution in [0.15, 0.2) is 18.2 Å². The minimum atomic E-state index is -0.101. The molecule has 0 aliphatic carbocycles. The molecule has 2 rings (SSSR count). The van der Waals surface area contributed by atoms with Gasteiger partial charge in [0.25, 0.3) is 5.91 Å². The van der Waals surface area contributed by atoms with Crippen LogP contribution in [0, 0.1) is 5.92 Å². The molecule has 1 heterocycles. The van der Waals surface area contributed by atoms with Crippen LogP contribution in [-0.2, 0) is 0 Å². The van der Waals surface area contributed by atoms with Crippen molar-refractivity contribution in [1.82, 2.24) is 5.32 Å². The molecule has 4 nitrogen and oxygen atoms in total. The van der Waals surface area contributed by atoms with E-state index in [0.717, 1.165) is 12.2 Å². The van der Waals surface area contributed by atoms with E-state index in [-0.39, 0.29) is 5.91 Å². The Bertz CT molecular complexity index is 458. The Morgan fingerprint density at radius 2 is 2.17 bits per heavy atom. The van der Waals surface area contributed by atoms with E-state index in [1.807, 2.05) is 12.1 Å². The Labute approximate surface area is 108 Å². The molecular weight excluding hydrogens is 226 g/mol. The van der Waals surface area contributed by atoms with Crippen LogP contribution in [0.2, 0.25) is 0 Å². The number of rotatable bonds is 2. The predicted octanol–water partition coefficient (Wildman–Crippen LogP) is 1.86. The molecule has 1 saturated heterocycles. The zero-order chi connectivity index (χ0) is 13.3. The monoisotopic (exact) mass is 247 g/mol. The molecule has 0 spiro atoms. The van der Waals surface area contributed by atoms with Gasteiger partial charge in [0.2, 0.25) is 0 Å². The molecule has 1 aliphatic rings. The highest BCUT2D eigenvalue weighted by Gasteiger charge is 2.27. The summed E-state index contributed by atoms with van der Waals surface area (Å²) in [7, 11) is 1.62. The van der Waals surface area contributed by atoms with Crippen molar-refractivity contribution in [2.45, 2.75) is 26.3 Å². The molecule has 1 amide bonds. The molecule has 0 radical (unpaired) electrons. The van der Waals surface area contributed by atoms with Crippen molar-refractivity contribution in [2.75, 3.05) is 24.2 Å². The maximum atomic E-state index is 11.5. The molecule has 1 fully saturated rings. The zero-order valence-corrected chi connectivity index (χ0v) is 11.2. The second kappa shape index (κ2) is 4.88. The SMILES string of the molecule is CNC(=O)c1ccc(N2CC(C)CC2C)c(N)c1. The first-order valence-corrected chi connectivity index (χ1v) is 6.41. The Morgan fingerprint density at radius 1 is 1.44 bits per heavy atom. The minimum Gasteiger partial charge on any atom is -0.397 e. The number of nitrogens with one attached hydrogen (secondary N) is 1. The average Bonchev–Trinajstić information content (AvgIpc) is 2.67.